The second kappa shape index (κ2) is 8.50. The molecular weight excluding hydrogens is 409 g/mol. The number of methoxy groups -OCH3 is 1. The molecule has 0 unspecified atom stereocenters. The second-order valence-electron chi connectivity index (χ2n) is 6.60. The Bertz CT molecular complexity index is 977. The number of sulfone groups is 1. The van der Waals surface area contributed by atoms with Crippen LogP contribution in [0, 0.1) is 5.82 Å². The molecule has 29 heavy (non-hydrogen) atoms. The predicted molar refractivity (Wildman–Crippen MR) is 101 cm³/mol. The number of likely N-dealkylation sites (N-methyl/N-ethyl adjacent to an activating group) is 1. The van der Waals surface area contributed by atoms with Gasteiger partial charge in [-0.25, -0.2) is 12.8 Å². The van der Waals surface area contributed by atoms with Gasteiger partial charge in [0.15, 0.2) is 0 Å². The van der Waals surface area contributed by atoms with Crippen molar-refractivity contribution in [2.75, 3.05) is 45.2 Å². The van der Waals surface area contributed by atoms with E-state index >= 15 is 0 Å². The first-order valence-corrected chi connectivity index (χ1v) is 10.3. The molecule has 2 aromatic rings. The Morgan fingerprint density at radius 2 is 1.72 bits per heavy atom. The van der Waals surface area contributed by atoms with E-state index in [0.717, 1.165) is 31.3 Å². The molecule has 0 spiro atoms. The Balaban J connectivity index is 2.02. The monoisotopic (exact) mass is 430 g/mol. The number of piperazine rings is 1. The molecule has 0 radical (unpaired) electrons. The number of anilines is 1. The molecule has 0 aromatic heterocycles. The zero-order chi connectivity index (χ0) is 21.2. The minimum absolute atomic E-state index is 0.166. The van der Waals surface area contributed by atoms with E-state index in [9.17, 15) is 21.6 Å². The Morgan fingerprint density at radius 1 is 1.03 bits per heavy atom. The van der Waals surface area contributed by atoms with Crippen molar-refractivity contribution < 1.29 is 31.1 Å². The fourth-order valence-electron chi connectivity index (χ4n) is 3.12. The lowest BCUT2D eigenvalue weighted by molar-refractivity contribution is -0.0500. The number of nitrogens with zero attached hydrogens (tertiary/aromatic N) is 2. The molecule has 0 amide bonds. The van der Waals surface area contributed by atoms with Crippen LogP contribution in [-0.4, -0.2) is 60.3 Å². The summed E-state index contributed by atoms with van der Waals surface area (Å²) in [6.45, 7) is -0.227. The average molecular weight is 430 g/mol. The van der Waals surface area contributed by atoms with E-state index in [2.05, 4.69) is 9.64 Å². The first-order valence-electron chi connectivity index (χ1n) is 8.83. The maximum absolute atomic E-state index is 14.3. The van der Waals surface area contributed by atoms with E-state index in [0.29, 0.717) is 24.5 Å². The average Bonchev–Trinajstić information content (AvgIpc) is 2.69. The third-order valence-electron chi connectivity index (χ3n) is 4.72. The zero-order valence-electron chi connectivity index (χ0n) is 15.9. The predicted octanol–water partition coefficient (Wildman–Crippen LogP) is 3.02. The molecule has 1 fully saturated rings. The van der Waals surface area contributed by atoms with Crippen molar-refractivity contribution in [3.05, 3.63) is 42.2 Å². The van der Waals surface area contributed by atoms with E-state index in [4.69, 9.17) is 4.74 Å². The van der Waals surface area contributed by atoms with E-state index in [1.807, 2.05) is 11.9 Å². The summed E-state index contributed by atoms with van der Waals surface area (Å²) in [4.78, 5) is 3.24. The van der Waals surface area contributed by atoms with Crippen molar-refractivity contribution in [3.63, 3.8) is 0 Å². The van der Waals surface area contributed by atoms with Crippen molar-refractivity contribution in [2.24, 2.45) is 0 Å². The minimum atomic E-state index is -4.32. The van der Waals surface area contributed by atoms with Gasteiger partial charge in [-0.15, -0.1) is 0 Å². The summed E-state index contributed by atoms with van der Waals surface area (Å²) in [6.07, 6.45) is 0. The molecule has 0 saturated carbocycles. The van der Waals surface area contributed by atoms with Crippen LogP contribution < -0.4 is 14.4 Å². The van der Waals surface area contributed by atoms with Crippen molar-refractivity contribution in [1.29, 1.82) is 0 Å². The highest BCUT2D eigenvalue weighted by molar-refractivity contribution is 7.91. The molecule has 3 rings (SSSR count). The highest BCUT2D eigenvalue weighted by Gasteiger charge is 2.26. The maximum atomic E-state index is 14.3. The van der Waals surface area contributed by atoms with Gasteiger partial charge in [0.2, 0.25) is 9.84 Å². The molecule has 0 atom stereocenters. The molecule has 1 heterocycles. The highest BCUT2D eigenvalue weighted by Crippen LogP contribution is 2.35. The third kappa shape index (κ3) is 4.59. The van der Waals surface area contributed by atoms with Gasteiger partial charge < -0.3 is 19.3 Å². The number of alkyl halides is 2. The third-order valence-corrected chi connectivity index (χ3v) is 6.49. The lowest BCUT2D eigenvalue weighted by Crippen LogP contribution is -2.44. The first-order chi connectivity index (χ1) is 13.7. The van der Waals surface area contributed by atoms with Crippen LogP contribution in [0.4, 0.5) is 18.9 Å². The van der Waals surface area contributed by atoms with E-state index in [1.54, 1.807) is 0 Å². The molecule has 0 bridgehead atoms. The van der Waals surface area contributed by atoms with E-state index < -0.39 is 32.9 Å². The molecule has 0 aliphatic carbocycles. The van der Waals surface area contributed by atoms with E-state index in [-0.39, 0.29) is 4.90 Å². The maximum Gasteiger partial charge on any atom is 0.387 e. The van der Waals surface area contributed by atoms with Gasteiger partial charge in [-0.05, 0) is 37.4 Å². The lowest BCUT2D eigenvalue weighted by atomic mass is 10.2. The summed E-state index contributed by atoms with van der Waals surface area (Å²) in [5.74, 6) is -1.000. The summed E-state index contributed by atoms with van der Waals surface area (Å²) < 4.78 is 74.8. The van der Waals surface area contributed by atoms with Gasteiger partial charge in [-0.1, -0.05) is 0 Å². The van der Waals surface area contributed by atoms with Crippen molar-refractivity contribution >= 4 is 15.5 Å². The lowest BCUT2D eigenvalue weighted by Gasteiger charge is -2.34. The first kappa shape index (κ1) is 21.3. The van der Waals surface area contributed by atoms with Crippen molar-refractivity contribution in [2.45, 2.75) is 16.4 Å². The fraction of sp³-hybridized carbons (Fsp3) is 0.368. The highest BCUT2D eigenvalue weighted by atomic mass is 32.2. The summed E-state index contributed by atoms with van der Waals surface area (Å²) in [5, 5.41) is 0. The second-order valence-corrected chi connectivity index (χ2v) is 8.52. The summed E-state index contributed by atoms with van der Waals surface area (Å²) in [7, 11) is -0.845. The van der Waals surface area contributed by atoms with Crippen LogP contribution in [0.3, 0.4) is 0 Å². The molecule has 2 aromatic carbocycles. The molecule has 158 valence electrons. The quantitative estimate of drug-likeness (QED) is 0.702. The Hall–Kier alpha value is -2.46. The van der Waals surface area contributed by atoms with Gasteiger partial charge in [-0.2, -0.15) is 8.78 Å². The molecule has 6 nitrogen and oxygen atoms in total. The molecule has 1 aliphatic rings. The van der Waals surface area contributed by atoms with Crippen LogP contribution in [0.5, 0.6) is 11.5 Å². The van der Waals surface area contributed by atoms with Gasteiger partial charge >= 0.3 is 6.61 Å². The topological polar surface area (TPSA) is 59.1 Å². The Morgan fingerprint density at radius 3 is 2.34 bits per heavy atom. The zero-order valence-corrected chi connectivity index (χ0v) is 16.8. The van der Waals surface area contributed by atoms with Crippen LogP contribution in [0.2, 0.25) is 0 Å². The van der Waals surface area contributed by atoms with E-state index in [1.165, 1.54) is 25.3 Å². The number of hydrogen-bond donors (Lipinski definition) is 0. The molecule has 1 saturated heterocycles. The largest absolute Gasteiger partial charge is 0.495 e. The molecular formula is C19H21F3N2O4S. The summed E-state index contributed by atoms with van der Waals surface area (Å²) in [5.41, 5.74) is 0.571. The Kier molecular flexibility index (Phi) is 6.23. The van der Waals surface area contributed by atoms with Gasteiger partial charge in [0.05, 0.1) is 17.7 Å². The van der Waals surface area contributed by atoms with Crippen molar-refractivity contribution in [3.8, 4) is 11.5 Å². The standard InChI is InChI=1S/C19H21F3N2O4S/c1-23-7-9-24(10-8-23)16-12-14(4-6-17(16)27-2)29(25,26)18-11-13(28-19(21)22)3-5-15(18)20/h3-6,11-12,19H,7-10H2,1-2H3. The fourth-order valence-corrected chi connectivity index (χ4v) is 4.49. The summed E-state index contributed by atoms with van der Waals surface area (Å²) in [6, 6.07) is 6.71. The number of hydrogen-bond acceptors (Lipinski definition) is 6. The molecule has 0 N–H and O–H groups in total. The van der Waals surface area contributed by atoms with Crippen LogP contribution in [0.25, 0.3) is 0 Å². The number of halogens is 3. The van der Waals surface area contributed by atoms with Gasteiger partial charge in [0.1, 0.15) is 22.2 Å². The van der Waals surface area contributed by atoms with Crippen molar-refractivity contribution in [1.82, 2.24) is 4.90 Å². The van der Waals surface area contributed by atoms with Gasteiger partial charge in [0, 0.05) is 32.2 Å². The normalized spacial score (nSPS) is 15.6. The van der Waals surface area contributed by atoms with Crippen LogP contribution >= 0.6 is 0 Å². The number of benzene rings is 2. The summed E-state index contributed by atoms with van der Waals surface area (Å²) >= 11 is 0. The Labute approximate surface area is 167 Å². The van der Waals surface area contributed by atoms with Crippen LogP contribution in [0.15, 0.2) is 46.2 Å². The molecule has 1 aliphatic heterocycles. The van der Waals surface area contributed by atoms with Gasteiger partial charge in [0.25, 0.3) is 0 Å². The van der Waals surface area contributed by atoms with Gasteiger partial charge in [-0.3, -0.25) is 0 Å². The molecule has 10 heteroatoms. The number of ether oxygens (including phenoxy) is 2. The van der Waals surface area contributed by atoms with Crippen LogP contribution in [-0.2, 0) is 9.84 Å². The minimum Gasteiger partial charge on any atom is -0.495 e. The number of rotatable bonds is 6. The SMILES string of the molecule is COc1ccc(S(=O)(=O)c2cc(OC(F)F)ccc2F)cc1N1CCN(C)CC1. The van der Waals surface area contributed by atoms with Crippen LogP contribution in [0.1, 0.15) is 0 Å². The smallest absolute Gasteiger partial charge is 0.387 e.